The standard InChI is InChI=1S/C19H24ClN/c1-5-8-21-12-16-7-6-13(2)17(11-16)18-9-14(3)15(4)10-19(18)20/h6-7,9-11,21H,5,8,12H2,1-4H3. The van der Waals surface area contributed by atoms with E-state index in [4.69, 9.17) is 11.6 Å². The van der Waals surface area contributed by atoms with Gasteiger partial charge in [-0.05, 0) is 79.8 Å². The molecular formula is C19H24ClN. The second kappa shape index (κ2) is 7.11. The van der Waals surface area contributed by atoms with Crippen molar-refractivity contribution in [3.63, 3.8) is 0 Å². The van der Waals surface area contributed by atoms with Crippen molar-refractivity contribution >= 4 is 11.6 Å². The van der Waals surface area contributed by atoms with Gasteiger partial charge in [0, 0.05) is 17.1 Å². The van der Waals surface area contributed by atoms with Gasteiger partial charge in [-0.2, -0.15) is 0 Å². The molecule has 0 amide bonds. The van der Waals surface area contributed by atoms with E-state index in [0.29, 0.717) is 0 Å². The van der Waals surface area contributed by atoms with Crippen LogP contribution in [0.1, 0.15) is 35.6 Å². The molecule has 0 heterocycles. The fourth-order valence-electron chi connectivity index (χ4n) is 2.47. The molecule has 0 unspecified atom stereocenters. The summed E-state index contributed by atoms with van der Waals surface area (Å²) in [6.45, 7) is 10.5. The monoisotopic (exact) mass is 301 g/mol. The van der Waals surface area contributed by atoms with Crippen molar-refractivity contribution in [2.45, 2.75) is 40.7 Å². The number of aryl methyl sites for hydroxylation is 3. The minimum absolute atomic E-state index is 0.833. The van der Waals surface area contributed by atoms with Crippen LogP contribution in [0, 0.1) is 20.8 Å². The van der Waals surface area contributed by atoms with Gasteiger partial charge in [-0.25, -0.2) is 0 Å². The molecule has 21 heavy (non-hydrogen) atoms. The predicted molar refractivity (Wildman–Crippen MR) is 93.1 cm³/mol. The largest absolute Gasteiger partial charge is 0.313 e. The number of hydrogen-bond donors (Lipinski definition) is 1. The van der Waals surface area contributed by atoms with E-state index in [1.165, 1.54) is 27.8 Å². The lowest BCUT2D eigenvalue weighted by molar-refractivity contribution is 0.675. The van der Waals surface area contributed by atoms with Gasteiger partial charge in [-0.15, -0.1) is 0 Å². The zero-order valence-corrected chi connectivity index (χ0v) is 14.1. The SMILES string of the molecule is CCCNCc1ccc(C)c(-c2cc(C)c(C)cc2Cl)c1. The highest BCUT2D eigenvalue weighted by atomic mass is 35.5. The zero-order chi connectivity index (χ0) is 15.4. The molecule has 0 saturated heterocycles. The van der Waals surface area contributed by atoms with Crippen LogP contribution in [0.3, 0.4) is 0 Å². The Hall–Kier alpha value is -1.31. The molecule has 2 heteroatoms. The molecule has 2 aromatic rings. The van der Waals surface area contributed by atoms with E-state index in [-0.39, 0.29) is 0 Å². The Morgan fingerprint density at radius 2 is 1.62 bits per heavy atom. The van der Waals surface area contributed by atoms with Crippen LogP contribution in [0.25, 0.3) is 11.1 Å². The van der Waals surface area contributed by atoms with Gasteiger partial charge in [-0.3, -0.25) is 0 Å². The average molecular weight is 302 g/mol. The molecule has 1 nitrogen and oxygen atoms in total. The molecule has 1 N–H and O–H groups in total. The van der Waals surface area contributed by atoms with Gasteiger partial charge in [0.15, 0.2) is 0 Å². The van der Waals surface area contributed by atoms with Crippen molar-refractivity contribution in [3.05, 3.63) is 57.6 Å². The van der Waals surface area contributed by atoms with E-state index in [9.17, 15) is 0 Å². The summed E-state index contributed by atoms with van der Waals surface area (Å²) in [5, 5.41) is 4.28. The average Bonchev–Trinajstić information content (AvgIpc) is 2.45. The van der Waals surface area contributed by atoms with Gasteiger partial charge in [0.05, 0.1) is 0 Å². The second-order valence-electron chi connectivity index (χ2n) is 5.74. The Bertz CT molecular complexity index is 632. The molecule has 0 atom stereocenters. The Balaban J connectivity index is 2.39. The molecule has 0 saturated carbocycles. The van der Waals surface area contributed by atoms with Crippen molar-refractivity contribution in [3.8, 4) is 11.1 Å². The Morgan fingerprint density at radius 1 is 0.905 bits per heavy atom. The van der Waals surface area contributed by atoms with Crippen LogP contribution in [0.2, 0.25) is 5.02 Å². The number of benzene rings is 2. The van der Waals surface area contributed by atoms with E-state index in [1.54, 1.807) is 0 Å². The van der Waals surface area contributed by atoms with Gasteiger partial charge in [0.2, 0.25) is 0 Å². The molecule has 0 spiro atoms. The third kappa shape index (κ3) is 3.87. The Kier molecular flexibility index (Phi) is 5.44. The molecule has 0 aliphatic rings. The molecule has 0 bridgehead atoms. The van der Waals surface area contributed by atoms with Gasteiger partial charge in [-0.1, -0.05) is 30.7 Å². The van der Waals surface area contributed by atoms with E-state index < -0.39 is 0 Å². The number of halogens is 1. The lowest BCUT2D eigenvalue weighted by Crippen LogP contribution is -2.13. The summed E-state index contributed by atoms with van der Waals surface area (Å²) in [5.74, 6) is 0. The number of hydrogen-bond acceptors (Lipinski definition) is 1. The summed E-state index contributed by atoms with van der Waals surface area (Å²) in [4.78, 5) is 0. The van der Waals surface area contributed by atoms with E-state index in [1.807, 2.05) is 0 Å². The molecular weight excluding hydrogens is 278 g/mol. The van der Waals surface area contributed by atoms with Gasteiger partial charge in [0.25, 0.3) is 0 Å². The Morgan fingerprint density at radius 3 is 2.33 bits per heavy atom. The van der Waals surface area contributed by atoms with Crippen LogP contribution in [-0.2, 0) is 6.54 Å². The van der Waals surface area contributed by atoms with Crippen molar-refractivity contribution in [1.29, 1.82) is 0 Å². The molecule has 0 fully saturated rings. The van der Waals surface area contributed by atoms with E-state index in [0.717, 1.165) is 30.1 Å². The van der Waals surface area contributed by atoms with Gasteiger partial charge < -0.3 is 5.32 Å². The summed E-state index contributed by atoms with van der Waals surface area (Å²) >= 11 is 6.47. The molecule has 0 aliphatic carbocycles. The fourth-order valence-corrected chi connectivity index (χ4v) is 2.79. The first-order chi connectivity index (χ1) is 10.0. The highest BCUT2D eigenvalue weighted by molar-refractivity contribution is 6.33. The maximum absolute atomic E-state index is 6.47. The van der Waals surface area contributed by atoms with Crippen LogP contribution < -0.4 is 5.32 Å². The first kappa shape index (κ1) is 16.1. The molecule has 112 valence electrons. The normalized spacial score (nSPS) is 10.9. The molecule has 0 aliphatic heterocycles. The summed E-state index contributed by atoms with van der Waals surface area (Å²) in [6.07, 6.45) is 1.15. The summed E-state index contributed by atoms with van der Waals surface area (Å²) in [7, 11) is 0. The highest BCUT2D eigenvalue weighted by Gasteiger charge is 2.09. The highest BCUT2D eigenvalue weighted by Crippen LogP contribution is 2.33. The van der Waals surface area contributed by atoms with Crippen molar-refractivity contribution < 1.29 is 0 Å². The predicted octanol–water partition coefficient (Wildman–Crippen LogP) is 5.43. The number of nitrogens with one attached hydrogen (secondary N) is 1. The van der Waals surface area contributed by atoms with Crippen LogP contribution in [-0.4, -0.2) is 6.54 Å². The van der Waals surface area contributed by atoms with Crippen LogP contribution in [0.15, 0.2) is 30.3 Å². The Labute approximate surface area is 133 Å². The first-order valence-electron chi connectivity index (χ1n) is 7.60. The van der Waals surface area contributed by atoms with Crippen molar-refractivity contribution in [2.24, 2.45) is 0 Å². The van der Waals surface area contributed by atoms with Crippen LogP contribution in [0.4, 0.5) is 0 Å². The fraction of sp³-hybridized carbons (Fsp3) is 0.368. The quantitative estimate of drug-likeness (QED) is 0.726. The topological polar surface area (TPSA) is 12.0 Å². The maximum Gasteiger partial charge on any atom is 0.0487 e. The summed E-state index contributed by atoms with van der Waals surface area (Å²) in [6, 6.07) is 10.9. The van der Waals surface area contributed by atoms with Crippen molar-refractivity contribution in [1.82, 2.24) is 5.32 Å². The van der Waals surface area contributed by atoms with Crippen molar-refractivity contribution in [2.75, 3.05) is 6.54 Å². The first-order valence-corrected chi connectivity index (χ1v) is 7.98. The lowest BCUT2D eigenvalue weighted by atomic mass is 9.95. The molecule has 0 aromatic heterocycles. The smallest absolute Gasteiger partial charge is 0.0487 e. The maximum atomic E-state index is 6.47. The third-order valence-corrected chi connectivity index (χ3v) is 4.24. The molecule has 2 rings (SSSR count). The third-order valence-electron chi connectivity index (χ3n) is 3.93. The summed E-state index contributed by atoms with van der Waals surface area (Å²) in [5.41, 5.74) is 7.46. The number of rotatable bonds is 5. The van der Waals surface area contributed by atoms with E-state index >= 15 is 0 Å². The minimum Gasteiger partial charge on any atom is -0.313 e. The molecule has 2 aromatic carbocycles. The van der Waals surface area contributed by atoms with Crippen LogP contribution in [0.5, 0.6) is 0 Å². The minimum atomic E-state index is 0.833. The van der Waals surface area contributed by atoms with Gasteiger partial charge in [0.1, 0.15) is 0 Å². The van der Waals surface area contributed by atoms with E-state index in [2.05, 4.69) is 63.3 Å². The lowest BCUT2D eigenvalue weighted by Gasteiger charge is -2.13. The zero-order valence-electron chi connectivity index (χ0n) is 13.4. The van der Waals surface area contributed by atoms with Crippen LogP contribution >= 0.6 is 11.6 Å². The van der Waals surface area contributed by atoms with Gasteiger partial charge >= 0.3 is 0 Å². The summed E-state index contributed by atoms with van der Waals surface area (Å²) < 4.78 is 0. The second-order valence-corrected chi connectivity index (χ2v) is 6.15. The molecule has 0 radical (unpaired) electrons.